The Morgan fingerprint density at radius 1 is 0.977 bits per heavy atom. The number of carboxylic acid groups (broad SMARTS) is 1. The van der Waals surface area contributed by atoms with Crippen LogP contribution in [0.3, 0.4) is 0 Å². The third-order valence-electron chi connectivity index (χ3n) is 8.53. The van der Waals surface area contributed by atoms with Crippen LogP contribution in [0.25, 0.3) is 12.2 Å². The summed E-state index contributed by atoms with van der Waals surface area (Å²) in [6.07, 6.45) is 13.0. The number of hydrogen-bond acceptors (Lipinski definition) is 5. The van der Waals surface area contributed by atoms with E-state index in [0.717, 1.165) is 42.0 Å². The predicted molar refractivity (Wildman–Crippen MR) is 175 cm³/mol. The number of aryl methyl sites for hydroxylation is 1. The highest BCUT2D eigenvalue weighted by Gasteiger charge is 2.37. The highest BCUT2D eigenvalue weighted by Crippen LogP contribution is 2.31. The van der Waals surface area contributed by atoms with Crippen LogP contribution < -0.4 is 10.1 Å². The zero-order valence-electron chi connectivity index (χ0n) is 26.1. The third-order valence-corrected chi connectivity index (χ3v) is 8.53. The molecule has 1 aromatic heterocycles. The van der Waals surface area contributed by atoms with Gasteiger partial charge in [0.05, 0.1) is 29.5 Å². The number of amides is 1. The second kappa shape index (κ2) is 16.8. The van der Waals surface area contributed by atoms with E-state index in [1.165, 1.54) is 31.2 Å². The first kappa shape index (κ1) is 32.9. The molecule has 7 nitrogen and oxygen atoms in total. The van der Waals surface area contributed by atoms with Crippen molar-refractivity contribution in [3.05, 3.63) is 89.2 Å². The third kappa shape index (κ3) is 10.1. The number of nitrogens with zero attached hydrogens (tertiary/aromatic N) is 1. The summed E-state index contributed by atoms with van der Waals surface area (Å²) in [7, 11) is 0. The molecule has 3 aromatic rings. The molecule has 1 saturated carbocycles. The van der Waals surface area contributed by atoms with Gasteiger partial charge in [0.1, 0.15) is 5.75 Å². The van der Waals surface area contributed by atoms with Gasteiger partial charge in [-0.2, -0.15) is 0 Å². The number of rotatable bonds is 17. The first-order valence-electron chi connectivity index (χ1n) is 16.0. The van der Waals surface area contributed by atoms with E-state index in [0.29, 0.717) is 37.8 Å². The Morgan fingerprint density at radius 3 is 2.45 bits per heavy atom. The first-order chi connectivity index (χ1) is 21.4. The number of carboxylic acids is 1. The standard InChI is InChI=1S/C37H46N2O5/c1-3-37(4-2,36(41)42)26-35(40)39-31-14-9-12-29(25-31)18-21-30-13-10-15-32(38-30)27-43-24-8-7-11-28-19-22-34(23-20-28)44-33-16-5-6-17-33/h9-10,12-15,18-23,25,33H,3-8,11,16-17,24,26-27H2,1-2H3,(H,39,40)(H,41,42). The number of carbonyl (C=O) groups excluding carboxylic acids is 1. The van der Waals surface area contributed by atoms with Gasteiger partial charge in [-0.15, -0.1) is 0 Å². The Morgan fingerprint density at radius 2 is 1.73 bits per heavy atom. The second-order valence-electron chi connectivity index (χ2n) is 11.7. The highest BCUT2D eigenvalue weighted by atomic mass is 16.5. The minimum absolute atomic E-state index is 0.0574. The van der Waals surface area contributed by atoms with E-state index in [4.69, 9.17) is 14.5 Å². The fourth-order valence-corrected chi connectivity index (χ4v) is 5.61. The van der Waals surface area contributed by atoms with Crippen molar-refractivity contribution in [3.63, 3.8) is 0 Å². The normalized spacial score (nSPS) is 13.8. The van der Waals surface area contributed by atoms with Gasteiger partial charge in [0.15, 0.2) is 0 Å². The molecule has 44 heavy (non-hydrogen) atoms. The SMILES string of the molecule is CCC(CC)(CC(=O)Nc1cccc(C=Cc2cccc(COCCCCc3ccc(OC4CCCC4)cc3)n2)c1)C(=O)O. The average Bonchev–Trinajstić information content (AvgIpc) is 3.55. The van der Waals surface area contributed by atoms with Gasteiger partial charge in [-0.3, -0.25) is 14.6 Å². The van der Waals surface area contributed by atoms with Crippen molar-refractivity contribution in [2.24, 2.45) is 5.41 Å². The zero-order chi connectivity index (χ0) is 31.2. The molecular weight excluding hydrogens is 552 g/mol. The molecule has 0 aliphatic heterocycles. The molecule has 0 unspecified atom stereocenters. The lowest BCUT2D eigenvalue weighted by Crippen LogP contribution is -2.34. The van der Waals surface area contributed by atoms with E-state index in [9.17, 15) is 14.7 Å². The van der Waals surface area contributed by atoms with Crippen molar-refractivity contribution in [2.45, 2.75) is 90.8 Å². The van der Waals surface area contributed by atoms with Gasteiger partial charge in [-0.1, -0.05) is 50.3 Å². The number of unbranched alkanes of at least 4 members (excludes halogenated alkanes) is 1. The summed E-state index contributed by atoms with van der Waals surface area (Å²) >= 11 is 0. The van der Waals surface area contributed by atoms with E-state index in [-0.39, 0.29) is 12.3 Å². The Bertz CT molecular complexity index is 1370. The molecule has 234 valence electrons. The van der Waals surface area contributed by atoms with E-state index in [2.05, 4.69) is 29.6 Å². The van der Waals surface area contributed by atoms with Crippen LogP contribution in [-0.2, 0) is 27.4 Å². The van der Waals surface area contributed by atoms with Crippen LogP contribution in [0, 0.1) is 5.41 Å². The van der Waals surface area contributed by atoms with Crippen LogP contribution in [0.1, 0.15) is 94.1 Å². The van der Waals surface area contributed by atoms with E-state index < -0.39 is 11.4 Å². The van der Waals surface area contributed by atoms with Crippen molar-refractivity contribution in [2.75, 3.05) is 11.9 Å². The molecule has 0 bridgehead atoms. The topological polar surface area (TPSA) is 97.8 Å². The van der Waals surface area contributed by atoms with Gasteiger partial charge in [0, 0.05) is 18.7 Å². The first-order valence-corrected chi connectivity index (χ1v) is 16.0. The summed E-state index contributed by atoms with van der Waals surface area (Å²) < 4.78 is 12.0. The minimum Gasteiger partial charge on any atom is -0.490 e. The smallest absolute Gasteiger partial charge is 0.310 e. The molecule has 4 rings (SSSR count). The summed E-state index contributed by atoms with van der Waals surface area (Å²) in [5.74, 6) is -0.253. The van der Waals surface area contributed by atoms with Crippen molar-refractivity contribution < 1.29 is 24.2 Å². The molecule has 1 heterocycles. The monoisotopic (exact) mass is 598 g/mol. The maximum Gasteiger partial charge on any atom is 0.310 e. The van der Waals surface area contributed by atoms with Crippen molar-refractivity contribution >= 4 is 29.7 Å². The Hall–Kier alpha value is -3.97. The lowest BCUT2D eigenvalue weighted by Gasteiger charge is -2.25. The molecular formula is C37H46N2O5. The molecule has 2 aromatic carbocycles. The molecule has 0 atom stereocenters. The molecule has 2 N–H and O–H groups in total. The van der Waals surface area contributed by atoms with Gasteiger partial charge >= 0.3 is 5.97 Å². The van der Waals surface area contributed by atoms with Gasteiger partial charge in [0.25, 0.3) is 0 Å². The minimum atomic E-state index is -1.04. The average molecular weight is 599 g/mol. The summed E-state index contributed by atoms with van der Waals surface area (Å²) in [5, 5.41) is 12.5. The van der Waals surface area contributed by atoms with Crippen LogP contribution in [0.15, 0.2) is 66.7 Å². The quantitative estimate of drug-likeness (QED) is 0.152. The lowest BCUT2D eigenvalue weighted by molar-refractivity contribution is -0.151. The zero-order valence-corrected chi connectivity index (χ0v) is 26.1. The van der Waals surface area contributed by atoms with Gasteiger partial charge in [0.2, 0.25) is 5.91 Å². The summed E-state index contributed by atoms with van der Waals surface area (Å²) in [6.45, 7) is 4.76. The maximum absolute atomic E-state index is 12.6. The maximum atomic E-state index is 12.6. The molecule has 7 heteroatoms. The number of anilines is 1. The van der Waals surface area contributed by atoms with E-state index in [1.807, 2.05) is 48.6 Å². The van der Waals surface area contributed by atoms with Crippen molar-refractivity contribution in [3.8, 4) is 5.75 Å². The molecule has 1 fully saturated rings. The fourth-order valence-electron chi connectivity index (χ4n) is 5.61. The number of nitrogens with one attached hydrogen (secondary N) is 1. The fraction of sp³-hybridized carbons (Fsp3) is 0.432. The molecule has 0 spiro atoms. The van der Waals surface area contributed by atoms with Crippen molar-refractivity contribution in [1.29, 1.82) is 0 Å². The van der Waals surface area contributed by atoms with Gasteiger partial charge < -0.3 is 19.9 Å². The van der Waals surface area contributed by atoms with Crippen LogP contribution in [0.5, 0.6) is 5.75 Å². The van der Waals surface area contributed by atoms with Crippen LogP contribution in [0.4, 0.5) is 5.69 Å². The summed E-state index contributed by atoms with van der Waals surface area (Å²) in [4.78, 5) is 29.1. The number of hydrogen-bond donors (Lipinski definition) is 2. The number of ether oxygens (including phenoxy) is 2. The molecule has 1 amide bonds. The number of benzene rings is 2. The predicted octanol–water partition coefficient (Wildman–Crippen LogP) is 8.33. The highest BCUT2D eigenvalue weighted by molar-refractivity contribution is 5.94. The van der Waals surface area contributed by atoms with E-state index in [1.54, 1.807) is 19.9 Å². The Balaban J connectivity index is 1.18. The van der Waals surface area contributed by atoms with Crippen LogP contribution >= 0.6 is 0 Å². The molecule has 0 radical (unpaired) electrons. The van der Waals surface area contributed by atoms with Crippen LogP contribution in [-0.4, -0.2) is 34.7 Å². The number of aliphatic carboxylic acids is 1. The Labute approximate surface area is 261 Å². The molecule has 1 aliphatic carbocycles. The Kier molecular flexibility index (Phi) is 12.5. The summed E-state index contributed by atoms with van der Waals surface area (Å²) in [6, 6.07) is 21.9. The van der Waals surface area contributed by atoms with Gasteiger partial charge in [-0.05, 0) is 111 Å². The number of carbonyl (C=O) groups is 2. The van der Waals surface area contributed by atoms with Crippen molar-refractivity contribution in [1.82, 2.24) is 4.98 Å². The number of pyridine rings is 1. The summed E-state index contributed by atoms with van der Waals surface area (Å²) in [5.41, 5.74) is 3.50. The number of aromatic nitrogens is 1. The lowest BCUT2D eigenvalue weighted by atomic mass is 9.79. The van der Waals surface area contributed by atoms with E-state index >= 15 is 0 Å². The largest absolute Gasteiger partial charge is 0.490 e. The second-order valence-corrected chi connectivity index (χ2v) is 11.7. The molecule has 0 saturated heterocycles. The van der Waals surface area contributed by atoms with Gasteiger partial charge in [-0.25, -0.2) is 0 Å². The van der Waals surface area contributed by atoms with Crippen LogP contribution in [0.2, 0.25) is 0 Å². The molecule has 1 aliphatic rings.